The highest BCUT2D eigenvalue weighted by Gasteiger charge is 2.42. The van der Waals surface area contributed by atoms with Crippen LogP contribution in [-0.2, 0) is 10.2 Å². The van der Waals surface area contributed by atoms with E-state index in [9.17, 15) is 9.90 Å². The van der Waals surface area contributed by atoms with Gasteiger partial charge >= 0.3 is 0 Å². The molecule has 1 aliphatic carbocycles. The Morgan fingerprint density at radius 3 is 2.45 bits per heavy atom. The largest absolute Gasteiger partial charge is 0.506 e. The number of aliphatic hydroxyl groups is 1. The van der Waals surface area contributed by atoms with Gasteiger partial charge in [0, 0.05) is 40.7 Å². The van der Waals surface area contributed by atoms with E-state index < -0.39 is 0 Å². The Balaban J connectivity index is 1.63. The zero-order valence-corrected chi connectivity index (χ0v) is 16.9. The van der Waals surface area contributed by atoms with Crippen LogP contribution in [0.5, 0.6) is 0 Å². The number of anilines is 1. The first-order valence-electron chi connectivity index (χ1n) is 9.75. The second kappa shape index (κ2) is 5.80. The molecular formula is C25H22N2O2. The molecule has 0 atom stereocenters. The fraction of sp³-hybridized carbons (Fsp3) is 0.200. The third kappa shape index (κ3) is 2.26. The highest BCUT2D eigenvalue weighted by Crippen LogP contribution is 2.49. The fourth-order valence-corrected chi connectivity index (χ4v) is 4.71. The predicted molar refractivity (Wildman–Crippen MR) is 117 cm³/mol. The SMILES string of the molecule is CC1=Nc2ccccc2C1=C1C(=O)C(C=C2N(C)c3ccccc3C2(C)C)=C1O. The van der Waals surface area contributed by atoms with E-state index in [2.05, 4.69) is 35.9 Å². The highest BCUT2D eigenvalue weighted by molar-refractivity contribution is 6.38. The Hall–Kier alpha value is -3.40. The second-order valence-corrected chi connectivity index (χ2v) is 8.29. The molecule has 0 aromatic heterocycles. The number of fused-ring (bicyclic) bond motifs is 2. The number of likely N-dealkylation sites (N-methyl/N-ethyl adjacent to an activating group) is 1. The molecule has 0 saturated heterocycles. The van der Waals surface area contributed by atoms with Gasteiger partial charge in [0.05, 0.1) is 16.8 Å². The van der Waals surface area contributed by atoms with Crippen LogP contribution in [0.2, 0.25) is 0 Å². The number of hydrogen-bond donors (Lipinski definition) is 1. The van der Waals surface area contributed by atoms with Crippen molar-refractivity contribution < 1.29 is 9.90 Å². The third-order valence-electron chi connectivity index (χ3n) is 6.26. The van der Waals surface area contributed by atoms with Crippen molar-refractivity contribution in [3.63, 3.8) is 0 Å². The van der Waals surface area contributed by atoms with Gasteiger partial charge in [-0.15, -0.1) is 0 Å². The quantitative estimate of drug-likeness (QED) is 0.685. The molecule has 2 aliphatic heterocycles. The Morgan fingerprint density at radius 1 is 1.03 bits per heavy atom. The van der Waals surface area contributed by atoms with Crippen molar-refractivity contribution in [2.45, 2.75) is 26.2 Å². The number of carbonyl (C=O) groups excluding carboxylic acids is 1. The molecule has 2 heterocycles. The van der Waals surface area contributed by atoms with E-state index in [1.165, 1.54) is 5.56 Å². The number of aliphatic imine (C=N–C) groups is 1. The summed E-state index contributed by atoms with van der Waals surface area (Å²) in [4.78, 5) is 19.7. The molecular weight excluding hydrogens is 360 g/mol. The fourth-order valence-electron chi connectivity index (χ4n) is 4.71. The molecule has 2 aromatic carbocycles. The van der Waals surface area contributed by atoms with E-state index in [1.807, 2.05) is 56.4 Å². The maximum atomic E-state index is 13.1. The molecule has 29 heavy (non-hydrogen) atoms. The molecule has 0 radical (unpaired) electrons. The zero-order chi connectivity index (χ0) is 20.5. The molecule has 1 N–H and O–H groups in total. The summed E-state index contributed by atoms with van der Waals surface area (Å²) in [6, 6.07) is 16.0. The molecule has 0 unspecified atom stereocenters. The van der Waals surface area contributed by atoms with E-state index in [0.29, 0.717) is 11.1 Å². The normalized spacial score (nSPS) is 23.3. The van der Waals surface area contributed by atoms with Crippen molar-refractivity contribution >= 4 is 28.4 Å². The van der Waals surface area contributed by atoms with E-state index >= 15 is 0 Å². The Bertz CT molecular complexity index is 1220. The van der Waals surface area contributed by atoms with Crippen LogP contribution in [0.3, 0.4) is 0 Å². The van der Waals surface area contributed by atoms with Crippen LogP contribution < -0.4 is 4.90 Å². The first-order chi connectivity index (χ1) is 13.8. The lowest BCUT2D eigenvalue weighted by atomic mass is 9.78. The summed E-state index contributed by atoms with van der Waals surface area (Å²) >= 11 is 0. The lowest BCUT2D eigenvalue weighted by Gasteiger charge is -2.27. The minimum Gasteiger partial charge on any atom is -0.506 e. The van der Waals surface area contributed by atoms with Gasteiger partial charge in [-0.05, 0) is 30.7 Å². The smallest absolute Gasteiger partial charge is 0.201 e. The Kier molecular flexibility index (Phi) is 3.54. The minimum absolute atomic E-state index is 0.0592. The zero-order valence-electron chi connectivity index (χ0n) is 16.9. The third-order valence-corrected chi connectivity index (χ3v) is 6.26. The standard InChI is InChI=1S/C25H22N2O2/c1-14-21(15-9-5-7-11-18(15)26-14)22-23(28)16(24(22)29)13-20-25(2,3)17-10-6-8-12-19(17)27(20)4/h5-13,28H,1-4H3. The summed E-state index contributed by atoms with van der Waals surface area (Å²) in [5.41, 5.74) is 7.07. The molecule has 4 heteroatoms. The highest BCUT2D eigenvalue weighted by atomic mass is 16.3. The summed E-state index contributed by atoms with van der Waals surface area (Å²) in [5.74, 6) is -0.0691. The monoisotopic (exact) mass is 382 g/mol. The first kappa shape index (κ1) is 17.7. The summed E-state index contributed by atoms with van der Waals surface area (Å²) in [7, 11) is 2.00. The molecule has 2 aromatic rings. The van der Waals surface area contributed by atoms with E-state index in [4.69, 9.17) is 0 Å². The number of para-hydroxylation sites is 2. The molecule has 0 spiro atoms. The van der Waals surface area contributed by atoms with Crippen molar-refractivity contribution in [3.8, 4) is 0 Å². The average Bonchev–Trinajstić information content (AvgIpc) is 3.12. The molecule has 0 bridgehead atoms. The number of ketones is 1. The van der Waals surface area contributed by atoms with Crippen LogP contribution >= 0.6 is 0 Å². The van der Waals surface area contributed by atoms with Gasteiger partial charge in [0.25, 0.3) is 0 Å². The number of rotatable bonds is 1. The molecule has 0 fully saturated rings. The summed E-state index contributed by atoms with van der Waals surface area (Å²) in [6.07, 6.45) is 1.84. The number of carbonyl (C=O) groups is 1. The van der Waals surface area contributed by atoms with Crippen LogP contribution in [0.1, 0.15) is 31.9 Å². The van der Waals surface area contributed by atoms with Gasteiger partial charge < -0.3 is 10.0 Å². The van der Waals surface area contributed by atoms with Crippen molar-refractivity contribution in [2.75, 3.05) is 11.9 Å². The molecule has 5 rings (SSSR count). The number of hydrogen-bond acceptors (Lipinski definition) is 4. The second-order valence-electron chi connectivity index (χ2n) is 8.29. The van der Waals surface area contributed by atoms with Gasteiger partial charge in [-0.1, -0.05) is 50.2 Å². The van der Waals surface area contributed by atoms with E-state index in [-0.39, 0.29) is 17.0 Å². The van der Waals surface area contributed by atoms with Crippen molar-refractivity contribution in [1.29, 1.82) is 0 Å². The van der Waals surface area contributed by atoms with Crippen LogP contribution in [0.25, 0.3) is 5.57 Å². The number of nitrogens with zero attached hydrogens (tertiary/aromatic N) is 2. The molecule has 0 saturated carbocycles. The summed E-state index contributed by atoms with van der Waals surface area (Å²) in [5, 5.41) is 10.9. The molecule has 0 amide bonds. The summed E-state index contributed by atoms with van der Waals surface area (Å²) in [6.45, 7) is 6.17. The van der Waals surface area contributed by atoms with Gasteiger partial charge in [0.2, 0.25) is 5.78 Å². The van der Waals surface area contributed by atoms with Crippen molar-refractivity contribution in [3.05, 3.63) is 88.3 Å². The van der Waals surface area contributed by atoms with Crippen molar-refractivity contribution in [2.24, 2.45) is 4.99 Å². The number of benzene rings is 2. The van der Waals surface area contributed by atoms with Crippen LogP contribution in [0.4, 0.5) is 11.4 Å². The van der Waals surface area contributed by atoms with Crippen LogP contribution in [0, 0.1) is 0 Å². The van der Waals surface area contributed by atoms with Gasteiger partial charge in [0.15, 0.2) is 0 Å². The topological polar surface area (TPSA) is 52.9 Å². The van der Waals surface area contributed by atoms with Crippen LogP contribution in [0.15, 0.2) is 82.2 Å². The average molecular weight is 382 g/mol. The van der Waals surface area contributed by atoms with E-state index in [1.54, 1.807) is 0 Å². The van der Waals surface area contributed by atoms with Crippen molar-refractivity contribution in [1.82, 2.24) is 0 Å². The molecule has 3 aliphatic rings. The lowest BCUT2D eigenvalue weighted by molar-refractivity contribution is -0.113. The Morgan fingerprint density at radius 2 is 1.72 bits per heavy atom. The van der Waals surface area contributed by atoms with Gasteiger partial charge in [0.1, 0.15) is 5.76 Å². The first-order valence-corrected chi connectivity index (χ1v) is 9.75. The van der Waals surface area contributed by atoms with E-state index in [0.717, 1.165) is 33.9 Å². The number of allylic oxidation sites excluding steroid dienone is 5. The predicted octanol–water partition coefficient (Wildman–Crippen LogP) is 5.25. The van der Waals surface area contributed by atoms with Gasteiger partial charge in [-0.3, -0.25) is 9.79 Å². The van der Waals surface area contributed by atoms with Gasteiger partial charge in [-0.25, -0.2) is 0 Å². The molecule has 4 nitrogen and oxygen atoms in total. The number of aliphatic hydroxyl groups excluding tert-OH is 1. The Labute approximate surface area is 170 Å². The lowest BCUT2D eigenvalue weighted by Crippen LogP contribution is -2.28. The van der Waals surface area contributed by atoms with Crippen LogP contribution in [-0.4, -0.2) is 23.6 Å². The molecule has 144 valence electrons. The minimum atomic E-state index is -0.251. The summed E-state index contributed by atoms with van der Waals surface area (Å²) < 4.78 is 0. The number of Topliss-reactive ketones (excluding diaryl/α,β-unsaturated/α-hetero) is 1. The van der Waals surface area contributed by atoms with Gasteiger partial charge in [-0.2, -0.15) is 0 Å². The maximum Gasteiger partial charge on any atom is 0.201 e. The maximum absolute atomic E-state index is 13.1.